The molecule has 2 aliphatic heterocycles. The first kappa shape index (κ1) is 14.8. The van der Waals surface area contributed by atoms with Gasteiger partial charge in [0.05, 0.1) is 30.5 Å². The maximum Gasteiger partial charge on any atom is 0.331 e. The van der Waals surface area contributed by atoms with Gasteiger partial charge in [-0.2, -0.15) is 5.10 Å². The van der Waals surface area contributed by atoms with Crippen molar-refractivity contribution >= 4 is 17.7 Å². The second kappa shape index (κ2) is 5.80. The second-order valence-corrected chi connectivity index (χ2v) is 6.21. The number of hydrogen-bond acceptors (Lipinski definition) is 4. The Bertz CT molecular complexity index is 995. The number of hydrogen-bond donors (Lipinski definition) is 0. The minimum atomic E-state index is -0.0664. The van der Waals surface area contributed by atoms with Crippen molar-refractivity contribution in [3.05, 3.63) is 72.2 Å². The molecule has 5 rings (SSSR count). The smallest absolute Gasteiger partial charge is 0.276 e. The average molecular weight is 344 g/mol. The molecule has 7 nitrogen and oxygen atoms in total. The number of benzene rings is 1. The first-order chi connectivity index (χ1) is 12.8. The number of urea groups is 1. The average Bonchev–Trinajstić information content (AvgIpc) is 3.34. The van der Waals surface area contributed by atoms with Gasteiger partial charge in [0.15, 0.2) is 5.82 Å². The van der Waals surface area contributed by atoms with E-state index in [9.17, 15) is 4.79 Å². The van der Waals surface area contributed by atoms with Gasteiger partial charge in [0, 0.05) is 18.9 Å². The van der Waals surface area contributed by atoms with E-state index in [0.717, 1.165) is 28.5 Å². The van der Waals surface area contributed by atoms with Gasteiger partial charge in [-0.05, 0) is 29.8 Å². The Labute approximate surface area is 150 Å². The molecule has 4 heterocycles. The molecule has 7 heteroatoms. The largest absolute Gasteiger partial charge is 0.331 e. The van der Waals surface area contributed by atoms with E-state index >= 15 is 0 Å². The van der Waals surface area contributed by atoms with E-state index in [0.29, 0.717) is 19.6 Å². The lowest BCUT2D eigenvalue weighted by molar-refractivity contribution is 0.228. The zero-order chi connectivity index (χ0) is 17.5. The van der Waals surface area contributed by atoms with E-state index in [-0.39, 0.29) is 6.03 Å². The van der Waals surface area contributed by atoms with Gasteiger partial charge in [0.25, 0.3) is 0 Å². The normalized spacial score (nSPS) is 15.7. The molecule has 0 saturated carbocycles. The van der Waals surface area contributed by atoms with Crippen LogP contribution < -0.4 is 4.90 Å². The lowest BCUT2D eigenvalue weighted by Crippen LogP contribution is -2.49. The van der Waals surface area contributed by atoms with Crippen molar-refractivity contribution in [2.45, 2.75) is 6.54 Å². The summed E-state index contributed by atoms with van der Waals surface area (Å²) in [6, 6.07) is 13.6. The van der Waals surface area contributed by atoms with Crippen LogP contribution in [0.3, 0.4) is 0 Å². The molecule has 0 radical (unpaired) electrons. The summed E-state index contributed by atoms with van der Waals surface area (Å²) in [5.74, 6) is 1.48. The van der Waals surface area contributed by atoms with Gasteiger partial charge in [0.1, 0.15) is 5.84 Å². The monoisotopic (exact) mass is 344 g/mol. The van der Waals surface area contributed by atoms with Crippen molar-refractivity contribution in [1.29, 1.82) is 0 Å². The molecule has 0 fully saturated rings. The molecule has 0 spiro atoms. The van der Waals surface area contributed by atoms with Gasteiger partial charge in [-0.3, -0.25) is 19.8 Å². The van der Waals surface area contributed by atoms with Crippen molar-refractivity contribution in [2.24, 2.45) is 4.99 Å². The topological polar surface area (TPSA) is 66.6 Å². The van der Waals surface area contributed by atoms with E-state index in [2.05, 4.69) is 15.1 Å². The molecule has 0 unspecified atom stereocenters. The summed E-state index contributed by atoms with van der Waals surface area (Å²) >= 11 is 0. The molecule has 0 bridgehead atoms. The molecule has 2 aliphatic rings. The zero-order valence-corrected chi connectivity index (χ0v) is 14.0. The maximum absolute atomic E-state index is 13.2. The van der Waals surface area contributed by atoms with Crippen molar-refractivity contribution in [3.8, 4) is 5.69 Å². The van der Waals surface area contributed by atoms with E-state index in [1.165, 1.54) is 0 Å². The second-order valence-electron chi connectivity index (χ2n) is 6.21. The van der Waals surface area contributed by atoms with E-state index in [1.54, 1.807) is 28.4 Å². The van der Waals surface area contributed by atoms with Gasteiger partial charge in [-0.15, -0.1) is 0 Å². The van der Waals surface area contributed by atoms with Crippen molar-refractivity contribution in [1.82, 2.24) is 19.7 Å². The van der Waals surface area contributed by atoms with Gasteiger partial charge in [0.2, 0.25) is 0 Å². The molecule has 1 aromatic carbocycles. The third-order valence-corrected chi connectivity index (χ3v) is 4.63. The SMILES string of the molecule is O=C1N2CCN=C2c2cnn(-c3ccccc3)c2N1Cc1ccncc1. The number of carbonyl (C=O) groups is 1. The van der Waals surface area contributed by atoms with E-state index in [1.807, 2.05) is 47.1 Å². The highest BCUT2D eigenvalue weighted by molar-refractivity contribution is 6.19. The molecule has 0 saturated heterocycles. The van der Waals surface area contributed by atoms with Gasteiger partial charge in [-0.25, -0.2) is 9.48 Å². The summed E-state index contributed by atoms with van der Waals surface area (Å²) < 4.78 is 1.81. The number of amides is 2. The number of carbonyl (C=O) groups excluding carboxylic acids is 1. The van der Waals surface area contributed by atoms with Crippen molar-refractivity contribution in [3.63, 3.8) is 0 Å². The molecule has 0 N–H and O–H groups in total. The standard InChI is InChI=1S/C19H16N6O/c26-19-23-11-10-21-17(23)16-12-22-25(15-4-2-1-3-5-15)18(16)24(19)13-14-6-8-20-9-7-14/h1-9,12H,10-11,13H2. The van der Waals surface area contributed by atoms with Crippen molar-refractivity contribution in [2.75, 3.05) is 18.0 Å². The lowest BCUT2D eigenvalue weighted by Gasteiger charge is -2.34. The summed E-state index contributed by atoms with van der Waals surface area (Å²) in [4.78, 5) is 25.3. The minimum absolute atomic E-state index is 0.0664. The number of nitrogens with zero attached hydrogens (tertiary/aromatic N) is 6. The quantitative estimate of drug-likeness (QED) is 0.733. The number of rotatable bonds is 3. The van der Waals surface area contributed by atoms with Crippen LogP contribution in [0.25, 0.3) is 5.69 Å². The van der Waals surface area contributed by atoms with Crippen LogP contribution in [-0.2, 0) is 6.54 Å². The fourth-order valence-corrected chi connectivity index (χ4v) is 3.43. The third-order valence-electron chi connectivity index (χ3n) is 4.63. The Balaban J connectivity index is 1.67. The highest BCUT2D eigenvalue weighted by atomic mass is 16.2. The number of pyridine rings is 1. The lowest BCUT2D eigenvalue weighted by atomic mass is 10.2. The molecule has 0 atom stereocenters. The highest BCUT2D eigenvalue weighted by Gasteiger charge is 2.40. The molecule has 2 aromatic heterocycles. The predicted molar refractivity (Wildman–Crippen MR) is 97.5 cm³/mol. The highest BCUT2D eigenvalue weighted by Crippen LogP contribution is 2.33. The van der Waals surface area contributed by atoms with Crippen LogP contribution in [0.1, 0.15) is 11.1 Å². The Morgan fingerprint density at radius 2 is 1.85 bits per heavy atom. The van der Waals surface area contributed by atoms with E-state index in [4.69, 9.17) is 0 Å². The molecular weight excluding hydrogens is 328 g/mol. The fraction of sp³-hybridized carbons (Fsp3) is 0.158. The summed E-state index contributed by atoms with van der Waals surface area (Å²) in [7, 11) is 0. The number of aromatic nitrogens is 3. The first-order valence-electron chi connectivity index (χ1n) is 8.49. The first-order valence-corrected chi connectivity index (χ1v) is 8.49. The predicted octanol–water partition coefficient (Wildman–Crippen LogP) is 2.47. The molecule has 2 amide bonds. The Kier molecular flexibility index (Phi) is 3.31. The van der Waals surface area contributed by atoms with Crippen LogP contribution in [0, 0.1) is 0 Å². The number of fused-ring (bicyclic) bond motifs is 3. The Hall–Kier alpha value is -3.48. The summed E-state index contributed by atoms with van der Waals surface area (Å²) in [6.45, 7) is 1.69. The number of amidine groups is 1. The van der Waals surface area contributed by atoms with Crippen LogP contribution in [0.5, 0.6) is 0 Å². The van der Waals surface area contributed by atoms with Gasteiger partial charge < -0.3 is 0 Å². The number of para-hydroxylation sites is 1. The summed E-state index contributed by atoms with van der Waals surface area (Å²) in [6.07, 6.45) is 5.27. The Morgan fingerprint density at radius 1 is 1.04 bits per heavy atom. The molecule has 0 aliphatic carbocycles. The number of aliphatic imine (C=N–C) groups is 1. The van der Waals surface area contributed by atoms with Gasteiger partial charge >= 0.3 is 6.03 Å². The van der Waals surface area contributed by atoms with Crippen LogP contribution in [0.15, 0.2) is 66.0 Å². The molecular formula is C19H16N6O. The van der Waals surface area contributed by atoms with Crippen molar-refractivity contribution < 1.29 is 4.79 Å². The molecule has 26 heavy (non-hydrogen) atoms. The van der Waals surface area contributed by atoms with Gasteiger partial charge in [-0.1, -0.05) is 18.2 Å². The minimum Gasteiger partial charge on any atom is -0.276 e. The van der Waals surface area contributed by atoms with Crippen LogP contribution >= 0.6 is 0 Å². The molecule has 128 valence electrons. The Morgan fingerprint density at radius 3 is 2.65 bits per heavy atom. The maximum atomic E-state index is 13.2. The fourth-order valence-electron chi connectivity index (χ4n) is 3.43. The van der Waals surface area contributed by atoms with Crippen LogP contribution in [0.4, 0.5) is 10.6 Å². The number of anilines is 1. The third kappa shape index (κ3) is 2.21. The molecule has 3 aromatic rings. The van der Waals surface area contributed by atoms with Crippen LogP contribution in [0.2, 0.25) is 0 Å². The summed E-state index contributed by atoms with van der Waals surface area (Å²) in [5, 5.41) is 4.56. The zero-order valence-electron chi connectivity index (χ0n) is 14.0. The van der Waals surface area contributed by atoms with E-state index < -0.39 is 0 Å². The summed E-state index contributed by atoms with van der Waals surface area (Å²) in [5.41, 5.74) is 2.81. The van der Waals surface area contributed by atoms with Crippen LogP contribution in [-0.4, -0.2) is 44.6 Å².